The summed E-state index contributed by atoms with van der Waals surface area (Å²) in [5, 5.41) is 5.86. The Morgan fingerprint density at radius 1 is 0.288 bits per heavy atom. The van der Waals surface area contributed by atoms with Crippen molar-refractivity contribution in [3.8, 4) is 0 Å². The summed E-state index contributed by atoms with van der Waals surface area (Å²) in [6, 6.07) is 58.5. The van der Waals surface area contributed by atoms with Gasteiger partial charge in [-0.1, -0.05) is 123 Å². The normalized spacial score (nSPS) is 15.5. The molecule has 258 valence electrons. The third-order valence-corrected chi connectivity index (χ3v) is 11.8. The molecule has 7 aromatic rings. The quantitative estimate of drug-likeness (QED) is 0.148. The van der Waals surface area contributed by atoms with Gasteiger partial charge < -0.3 is 9.80 Å². The molecule has 0 aromatic heterocycles. The minimum Gasteiger partial charge on any atom is -0.310 e. The summed E-state index contributed by atoms with van der Waals surface area (Å²) in [6.45, 7) is 0. The third-order valence-electron chi connectivity index (χ3n) is 11.8. The minimum absolute atomic E-state index is 0.557. The summed E-state index contributed by atoms with van der Waals surface area (Å²) in [7, 11) is 0. The molecule has 7 aromatic carbocycles. The minimum atomic E-state index is 0.557. The van der Waals surface area contributed by atoms with E-state index in [9.17, 15) is 0 Å². The van der Waals surface area contributed by atoms with E-state index >= 15 is 0 Å². The molecule has 0 N–H and O–H groups in total. The van der Waals surface area contributed by atoms with Crippen molar-refractivity contribution in [1.82, 2.24) is 0 Å². The molecule has 9 rings (SSSR count). The van der Waals surface area contributed by atoms with E-state index in [0.717, 1.165) is 0 Å². The fraction of sp³-hybridized carbons (Fsp3) is 0.240. The first-order valence-electron chi connectivity index (χ1n) is 19.7. The molecule has 2 nitrogen and oxygen atoms in total. The van der Waals surface area contributed by atoms with E-state index in [2.05, 4.69) is 168 Å². The Morgan fingerprint density at radius 3 is 0.904 bits per heavy atom. The summed E-state index contributed by atoms with van der Waals surface area (Å²) >= 11 is 0. The molecular formula is C50H48N2. The van der Waals surface area contributed by atoms with Crippen molar-refractivity contribution in [3.05, 3.63) is 169 Å². The second-order valence-electron chi connectivity index (χ2n) is 15.0. The number of benzene rings is 7. The first kappa shape index (κ1) is 32.6. The average Bonchev–Trinajstić information content (AvgIpc) is 3.22. The fourth-order valence-corrected chi connectivity index (χ4v) is 9.41. The van der Waals surface area contributed by atoms with Crippen LogP contribution >= 0.6 is 0 Å². The smallest absolute Gasteiger partial charge is 0.0468 e. The van der Waals surface area contributed by atoms with E-state index < -0.39 is 0 Å². The van der Waals surface area contributed by atoms with Gasteiger partial charge >= 0.3 is 0 Å². The predicted molar refractivity (Wildman–Crippen MR) is 222 cm³/mol. The Hall–Kier alpha value is -5.34. The van der Waals surface area contributed by atoms with Gasteiger partial charge in [0.1, 0.15) is 0 Å². The standard InChI is InChI=1S/C50H48N2/c1-7-19-37(20-8-1)49-45-33-31-44(52(41-27-15-5-16-28-41)42-29-17-6-18-30-42)36-48(45)50(38-21-9-2-10-22-38)46-34-32-43(35-47(46)49)51(39-23-11-3-12-24-39)40-25-13-4-14-26-40/h3-6,11-18,23-38H,1-2,7-10,19-22H2. The Kier molecular flexibility index (Phi) is 9.22. The molecule has 0 saturated heterocycles. The lowest BCUT2D eigenvalue weighted by Crippen LogP contribution is -2.13. The van der Waals surface area contributed by atoms with Gasteiger partial charge in [0.15, 0.2) is 0 Å². The fourth-order valence-electron chi connectivity index (χ4n) is 9.41. The van der Waals surface area contributed by atoms with Gasteiger partial charge in [0.25, 0.3) is 0 Å². The maximum Gasteiger partial charge on any atom is 0.0468 e. The summed E-state index contributed by atoms with van der Waals surface area (Å²) in [5.41, 5.74) is 10.4. The van der Waals surface area contributed by atoms with Crippen LogP contribution in [0.4, 0.5) is 34.1 Å². The molecule has 2 fully saturated rings. The highest BCUT2D eigenvalue weighted by molar-refractivity contribution is 6.09. The number of para-hydroxylation sites is 4. The van der Waals surface area contributed by atoms with Gasteiger partial charge in [0, 0.05) is 34.1 Å². The van der Waals surface area contributed by atoms with Gasteiger partial charge in [0.05, 0.1) is 0 Å². The number of nitrogens with zero attached hydrogens (tertiary/aromatic N) is 2. The molecular weight excluding hydrogens is 629 g/mol. The van der Waals surface area contributed by atoms with Crippen LogP contribution in [0.1, 0.15) is 87.2 Å². The zero-order valence-electron chi connectivity index (χ0n) is 30.1. The van der Waals surface area contributed by atoms with Gasteiger partial charge in [-0.3, -0.25) is 0 Å². The number of rotatable bonds is 8. The monoisotopic (exact) mass is 676 g/mol. The zero-order chi connectivity index (χ0) is 34.7. The maximum atomic E-state index is 2.55. The lowest BCUT2D eigenvalue weighted by molar-refractivity contribution is 0.445. The third kappa shape index (κ3) is 6.26. The van der Waals surface area contributed by atoms with Crippen molar-refractivity contribution in [2.45, 2.75) is 76.0 Å². The Morgan fingerprint density at radius 2 is 0.596 bits per heavy atom. The topological polar surface area (TPSA) is 6.48 Å². The molecule has 52 heavy (non-hydrogen) atoms. The molecule has 0 amide bonds. The highest BCUT2D eigenvalue weighted by Crippen LogP contribution is 2.50. The second kappa shape index (κ2) is 14.7. The summed E-state index contributed by atoms with van der Waals surface area (Å²) in [6.07, 6.45) is 13.0. The lowest BCUT2D eigenvalue weighted by atomic mass is 9.74. The molecule has 0 bridgehead atoms. The van der Waals surface area contributed by atoms with Gasteiger partial charge in [0.2, 0.25) is 0 Å². The second-order valence-corrected chi connectivity index (χ2v) is 15.0. The predicted octanol–water partition coefficient (Wildman–Crippen LogP) is 15.0. The van der Waals surface area contributed by atoms with E-state index in [1.807, 2.05) is 0 Å². The van der Waals surface area contributed by atoms with E-state index in [1.54, 1.807) is 11.1 Å². The van der Waals surface area contributed by atoms with Gasteiger partial charge in [-0.05, 0) is 143 Å². The van der Waals surface area contributed by atoms with Crippen molar-refractivity contribution < 1.29 is 0 Å². The van der Waals surface area contributed by atoms with Crippen LogP contribution in [0.3, 0.4) is 0 Å². The van der Waals surface area contributed by atoms with Crippen molar-refractivity contribution in [3.63, 3.8) is 0 Å². The van der Waals surface area contributed by atoms with Crippen molar-refractivity contribution in [2.24, 2.45) is 0 Å². The summed E-state index contributed by atoms with van der Waals surface area (Å²) < 4.78 is 0. The SMILES string of the molecule is c1ccc(N(c2ccccc2)c2ccc3c(C4CCCCC4)c4cc(N(c5ccccc5)c5ccccc5)ccc4c(C4CCCCC4)c3c2)cc1. The summed E-state index contributed by atoms with van der Waals surface area (Å²) in [4.78, 5) is 4.88. The van der Waals surface area contributed by atoms with Crippen LogP contribution in [-0.2, 0) is 0 Å². The largest absolute Gasteiger partial charge is 0.310 e. The Balaban J connectivity index is 1.32. The molecule has 2 aliphatic rings. The van der Waals surface area contributed by atoms with Crippen LogP contribution in [-0.4, -0.2) is 0 Å². The Labute approximate surface area is 309 Å². The number of hydrogen-bond donors (Lipinski definition) is 0. The van der Waals surface area contributed by atoms with Crippen molar-refractivity contribution >= 4 is 55.7 Å². The lowest BCUT2D eigenvalue weighted by Gasteiger charge is -2.32. The molecule has 0 unspecified atom stereocenters. The molecule has 0 heterocycles. The Bertz CT molecular complexity index is 2010. The van der Waals surface area contributed by atoms with Crippen molar-refractivity contribution in [1.29, 1.82) is 0 Å². The number of fused-ring (bicyclic) bond motifs is 2. The van der Waals surface area contributed by atoms with Crippen molar-refractivity contribution in [2.75, 3.05) is 9.80 Å². The molecule has 0 atom stereocenters. The molecule has 2 saturated carbocycles. The molecule has 2 aliphatic carbocycles. The number of anilines is 6. The van der Waals surface area contributed by atoms with E-state index in [0.29, 0.717) is 11.8 Å². The van der Waals surface area contributed by atoms with Crippen LogP contribution in [0, 0.1) is 0 Å². The van der Waals surface area contributed by atoms with Gasteiger partial charge in [-0.25, -0.2) is 0 Å². The highest BCUT2D eigenvalue weighted by atomic mass is 15.1. The van der Waals surface area contributed by atoms with E-state index in [1.165, 1.54) is 120 Å². The van der Waals surface area contributed by atoms with Gasteiger partial charge in [-0.2, -0.15) is 0 Å². The average molecular weight is 677 g/mol. The molecule has 2 heteroatoms. The van der Waals surface area contributed by atoms with Crippen LogP contribution in [0.5, 0.6) is 0 Å². The first-order chi connectivity index (χ1) is 25.8. The highest BCUT2D eigenvalue weighted by Gasteiger charge is 2.28. The first-order valence-corrected chi connectivity index (χ1v) is 19.7. The molecule has 0 aliphatic heterocycles. The van der Waals surface area contributed by atoms with Crippen LogP contribution in [0.2, 0.25) is 0 Å². The van der Waals surface area contributed by atoms with E-state index in [4.69, 9.17) is 0 Å². The van der Waals surface area contributed by atoms with Gasteiger partial charge in [-0.15, -0.1) is 0 Å². The summed E-state index contributed by atoms with van der Waals surface area (Å²) in [5.74, 6) is 1.11. The molecule has 0 spiro atoms. The zero-order valence-corrected chi connectivity index (χ0v) is 30.1. The van der Waals surface area contributed by atoms with E-state index in [-0.39, 0.29) is 0 Å². The van der Waals surface area contributed by atoms with Crippen LogP contribution in [0.25, 0.3) is 21.5 Å². The maximum absolute atomic E-state index is 2.55. The van der Waals surface area contributed by atoms with Crippen LogP contribution in [0.15, 0.2) is 158 Å². The van der Waals surface area contributed by atoms with Crippen LogP contribution < -0.4 is 9.80 Å². The number of hydrogen-bond acceptors (Lipinski definition) is 2. The molecule has 0 radical (unpaired) electrons.